The number of sulfonamides is 1. The molecule has 1 aliphatic heterocycles. The molecule has 2 rings (SSSR count). The van der Waals surface area contributed by atoms with Crippen molar-refractivity contribution in [3.63, 3.8) is 0 Å². The lowest BCUT2D eigenvalue weighted by Gasteiger charge is -2.20. The lowest BCUT2D eigenvalue weighted by Crippen LogP contribution is -2.34. The molecule has 0 radical (unpaired) electrons. The van der Waals surface area contributed by atoms with Crippen LogP contribution in [0.4, 0.5) is 13.2 Å². The zero-order chi connectivity index (χ0) is 18.0. The molecule has 0 aliphatic carbocycles. The van der Waals surface area contributed by atoms with Gasteiger partial charge in [0.05, 0.1) is 36.5 Å². The van der Waals surface area contributed by atoms with Gasteiger partial charge in [-0.2, -0.15) is 22.6 Å². The molecule has 0 saturated heterocycles. The Hall–Kier alpha value is -1.62. The van der Waals surface area contributed by atoms with Gasteiger partial charge in [0.15, 0.2) is 0 Å². The van der Waals surface area contributed by atoms with Crippen molar-refractivity contribution in [3.8, 4) is 0 Å². The first-order valence-corrected chi connectivity index (χ1v) is 9.00. The molecule has 0 bridgehead atoms. The predicted octanol–water partition coefficient (Wildman–Crippen LogP) is 1.39. The monoisotopic (exact) mass is 369 g/mol. The van der Waals surface area contributed by atoms with Crippen molar-refractivity contribution in [2.75, 3.05) is 12.3 Å². The Kier molecular flexibility index (Phi) is 5.53. The van der Waals surface area contributed by atoms with Gasteiger partial charge in [0, 0.05) is 19.5 Å². The smallest absolute Gasteiger partial charge is 0.390 e. The van der Waals surface area contributed by atoms with Crippen molar-refractivity contribution >= 4 is 16.0 Å². The average Bonchev–Trinajstić information content (AvgIpc) is 2.73. The average molecular weight is 369 g/mol. The van der Waals surface area contributed by atoms with Crippen LogP contribution in [0.3, 0.4) is 0 Å². The normalized spacial score (nSPS) is 16.6. The topological polar surface area (TPSA) is 92.5 Å². The van der Waals surface area contributed by atoms with Gasteiger partial charge in [-0.15, -0.1) is 0 Å². The largest absolute Gasteiger partial charge is 0.481 e. The first-order chi connectivity index (χ1) is 11.1. The molecular weight excluding hydrogens is 351 g/mol. The molecule has 7 nitrogen and oxygen atoms in total. The zero-order valence-electron chi connectivity index (χ0n) is 12.8. The van der Waals surface area contributed by atoms with Gasteiger partial charge >= 0.3 is 12.1 Å². The molecule has 2 heterocycles. The van der Waals surface area contributed by atoms with Crippen molar-refractivity contribution in [1.82, 2.24) is 14.1 Å². The van der Waals surface area contributed by atoms with Gasteiger partial charge in [0.25, 0.3) is 0 Å². The van der Waals surface area contributed by atoms with Gasteiger partial charge in [-0.25, -0.2) is 8.42 Å². The summed E-state index contributed by atoms with van der Waals surface area (Å²) in [6, 6.07) is 1.61. The Morgan fingerprint density at radius 2 is 2.04 bits per heavy atom. The number of carbonyl (C=O) groups is 1. The zero-order valence-corrected chi connectivity index (χ0v) is 13.6. The minimum absolute atomic E-state index is 0.0553. The van der Waals surface area contributed by atoms with E-state index in [0.29, 0.717) is 24.4 Å². The minimum atomic E-state index is -4.52. The maximum Gasteiger partial charge on any atom is 0.390 e. The third-order valence-corrected chi connectivity index (χ3v) is 5.48. The first kappa shape index (κ1) is 18.7. The Labute approximate surface area is 137 Å². The fourth-order valence-corrected chi connectivity index (χ4v) is 3.94. The number of fused-ring (bicyclic) bond motifs is 1. The van der Waals surface area contributed by atoms with Crippen LogP contribution in [0.5, 0.6) is 0 Å². The molecule has 0 aromatic carbocycles. The highest BCUT2D eigenvalue weighted by atomic mass is 32.2. The number of halogens is 3. The van der Waals surface area contributed by atoms with Crippen molar-refractivity contribution in [3.05, 3.63) is 17.5 Å². The number of hydrogen-bond donors (Lipinski definition) is 1. The van der Waals surface area contributed by atoms with E-state index >= 15 is 0 Å². The van der Waals surface area contributed by atoms with Gasteiger partial charge < -0.3 is 5.11 Å². The highest BCUT2D eigenvalue weighted by Gasteiger charge is 2.33. The van der Waals surface area contributed by atoms with E-state index in [1.165, 1.54) is 0 Å². The summed E-state index contributed by atoms with van der Waals surface area (Å²) in [6.45, 7) is 0.516. The Morgan fingerprint density at radius 3 is 2.67 bits per heavy atom. The van der Waals surface area contributed by atoms with Gasteiger partial charge in [0.2, 0.25) is 10.0 Å². The molecule has 1 aliphatic rings. The second kappa shape index (κ2) is 7.09. The number of aryl methyl sites for hydroxylation is 2. The molecule has 0 spiro atoms. The van der Waals surface area contributed by atoms with E-state index in [9.17, 15) is 26.4 Å². The number of carboxylic acid groups (broad SMARTS) is 1. The number of aromatic nitrogens is 2. The van der Waals surface area contributed by atoms with E-state index in [-0.39, 0.29) is 25.9 Å². The van der Waals surface area contributed by atoms with Crippen LogP contribution >= 0.6 is 0 Å². The van der Waals surface area contributed by atoms with Crippen LogP contribution in [-0.4, -0.2) is 52.1 Å². The molecule has 0 atom stereocenters. The third-order valence-electron chi connectivity index (χ3n) is 3.66. The van der Waals surface area contributed by atoms with Gasteiger partial charge in [-0.05, 0) is 12.5 Å². The fourth-order valence-electron chi connectivity index (χ4n) is 2.46. The Bertz CT molecular complexity index is 700. The number of alkyl halides is 3. The number of rotatable bonds is 6. The van der Waals surface area contributed by atoms with Crippen molar-refractivity contribution in [2.24, 2.45) is 0 Å². The molecule has 1 N–H and O–H groups in total. The molecule has 1 aromatic heterocycles. The van der Waals surface area contributed by atoms with Crippen LogP contribution in [0, 0.1) is 0 Å². The summed E-state index contributed by atoms with van der Waals surface area (Å²) < 4.78 is 63.7. The van der Waals surface area contributed by atoms with Crippen LogP contribution < -0.4 is 0 Å². The van der Waals surface area contributed by atoms with Gasteiger partial charge in [0.1, 0.15) is 0 Å². The number of aliphatic carboxylic acids is 1. The van der Waals surface area contributed by atoms with Crippen LogP contribution in [0.1, 0.15) is 30.7 Å². The highest BCUT2D eigenvalue weighted by Crippen LogP contribution is 2.23. The molecular formula is C13H18F3N3O4S. The van der Waals surface area contributed by atoms with Crippen molar-refractivity contribution in [2.45, 2.75) is 44.9 Å². The molecule has 1 aromatic rings. The molecule has 136 valence electrons. The van der Waals surface area contributed by atoms with E-state index in [4.69, 9.17) is 5.11 Å². The molecule has 0 fully saturated rings. The highest BCUT2D eigenvalue weighted by molar-refractivity contribution is 7.89. The number of hydrogen-bond acceptors (Lipinski definition) is 4. The number of nitrogens with zero attached hydrogens (tertiary/aromatic N) is 3. The van der Waals surface area contributed by atoms with Gasteiger partial charge in [-0.1, -0.05) is 0 Å². The quantitative estimate of drug-likeness (QED) is 0.818. The molecule has 0 unspecified atom stereocenters. The van der Waals surface area contributed by atoms with Crippen molar-refractivity contribution in [1.29, 1.82) is 0 Å². The molecule has 11 heteroatoms. The second-order valence-corrected chi connectivity index (χ2v) is 7.70. The van der Waals surface area contributed by atoms with Crippen molar-refractivity contribution < 1.29 is 31.5 Å². The number of carboxylic acids is 1. The predicted molar refractivity (Wildman–Crippen MR) is 77.7 cm³/mol. The first-order valence-electron chi connectivity index (χ1n) is 7.39. The Morgan fingerprint density at radius 1 is 1.33 bits per heavy atom. The maximum absolute atomic E-state index is 12.3. The van der Waals surface area contributed by atoms with Gasteiger partial charge in [-0.3, -0.25) is 9.48 Å². The molecule has 24 heavy (non-hydrogen) atoms. The Balaban J connectivity index is 2.09. The second-order valence-electron chi connectivity index (χ2n) is 5.61. The third kappa shape index (κ3) is 5.20. The summed E-state index contributed by atoms with van der Waals surface area (Å²) in [6.07, 6.45) is -5.35. The lowest BCUT2D eigenvalue weighted by atomic mass is 10.2. The van der Waals surface area contributed by atoms with E-state index < -0.39 is 34.3 Å². The summed E-state index contributed by atoms with van der Waals surface area (Å²) >= 11 is 0. The lowest BCUT2D eigenvalue weighted by molar-refractivity contribution is -0.137. The van der Waals surface area contributed by atoms with Crippen LogP contribution in [-0.2, 0) is 34.3 Å². The van der Waals surface area contributed by atoms with E-state index in [1.54, 1.807) is 10.7 Å². The van der Waals surface area contributed by atoms with E-state index in [2.05, 4.69) is 5.10 Å². The van der Waals surface area contributed by atoms with Crippen LogP contribution in [0.25, 0.3) is 0 Å². The van der Waals surface area contributed by atoms with Crippen LogP contribution in [0.2, 0.25) is 0 Å². The fraction of sp³-hybridized carbons (Fsp3) is 0.692. The summed E-state index contributed by atoms with van der Waals surface area (Å²) in [5.74, 6) is -1.94. The molecule has 0 saturated carbocycles. The summed E-state index contributed by atoms with van der Waals surface area (Å²) in [7, 11) is -4.02. The molecule has 0 amide bonds. The standard InChI is InChI=1S/C13H18F3N3O4S/c14-13(15,16)4-7-24(22,23)18-5-1-6-19-11(9-18)8-10(17-19)2-3-12(20)21/h8H,1-7,9H2,(H,20,21). The van der Waals surface area contributed by atoms with E-state index in [0.717, 1.165) is 4.31 Å². The minimum Gasteiger partial charge on any atom is -0.481 e. The maximum atomic E-state index is 12.3. The summed E-state index contributed by atoms with van der Waals surface area (Å²) in [4.78, 5) is 10.6. The SMILES string of the molecule is O=C(O)CCc1cc2n(n1)CCCN(S(=O)(=O)CCC(F)(F)F)C2. The van der Waals surface area contributed by atoms with E-state index in [1.807, 2.05) is 0 Å². The summed E-state index contributed by atoms with van der Waals surface area (Å²) in [5, 5.41) is 12.9. The summed E-state index contributed by atoms with van der Waals surface area (Å²) in [5.41, 5.74) is 1.09. The van der Waals surface area contributed by atoms with Crippen LogP contribution in [0.15, 0.2) is 6.07 Å².